The van der Waals surface area contributed by atoms with Crippen molar-refractivity contribution in [3.63, 3.8) is 0 Å². The monoisotopic (exact) mass is 469 g/mol. The molecule has 5 rings (SSSR count). The van der Waals surface area contributed by atoms with Gasteiger partial charge in [-0.25, -0.2) is 9.78 Å². The van der Waals surface area contributed by atoms with Gasteiger partial charge in [-0.05, 0) is 57.2 Å². The number of ether oxygens (including phenoxy) is 1. The highest BCUT2D eigenvalue weighted by Gasteiger charge is 2.41. The zero-order valence-electron chi connectivity index (χ0n) is 18.0. The van der Waals surface area contributed by atoms with Crippen molar-refractivity contribution in [2.75, 3.05) is 11.9 Å². The van der Waals surface area contributed by atoms with E-state index in [1.807, 2.05) is 12.1 Å². The minimum absolute atomic E-state index is 0.0824. The number of anilines is 1. The number of amides is 1. The zero-order valence-corrected chi connectivity index (χ0v) is 19.6. The predicted octanol–water partition coefficient (Wildman–Crippen LogP) is 5.92. The fourth-order valence-electron chi connectivity index (χ4n) is 4.83. The number of nitrogens with one attached hydrogen (secondary N) is 2. The Bertz CT molecular complexity index is 1230. The molecule has 1 aliphatic carbocycles. The number of thiophene rings is 1. The molecule has 6 nitrogen and oxygen atoms in total. The molecule has 166 valence electrons. The molecular weight excluding hydrogens is 446 g/mol. The number of esters is 1. The lowest BCUT2D eigenvalue weighted by molar-refractivity contribution is 0.0526. The van der Waals surface area contributed by atoms with Gasteiger partial charge in [0, 0.05) is 16.0 Å². The highest BCUT2D eigenvalue weighted by atomic mass is 35.5. The van der Waals surface area contributed by atoms with Crippen molar-refractivity contribution < 1.29 is 14.3 Å². The number of aromatic nitrogens is 1. The van der Waals surface area contributed by atoms with Gasteiger partial charge >= 0.3 is 5.97 Å². The summed E-state index contributed by atoms with van der Waals surface area (Å²) in [7, 11) is 0. The molecule has 1 aliphatic heterocycles. The van der Waals surface area contributed by atoms with Crippen LogP contribution in [-0.4, -0.2) is 29.1 Å². The number of benzene rings is 1. The first-order valence-corrected chi connectivity index (χ1v) is 12.1. The highest BCUT2D eigenvalue weighted by molar-refractivity contribution is 7.21. The molecule has 8 heteroatoms. The molecule has 1 aromatic carbocycles. The molecule has 1 amide bonds. The lowest BCUT2D eigenvalue weighted by atomic mass is 9.86. The average molecular weight is 470 g/mol. The van der Waals surface area contributed by atoms with Gasteiger partial charge in [0.15, 0.2) is 0 Å². The van der Waals surface area contributed by atoms with E-state index < -0.39 is 11.6 Å². The molecule has 0 bridgehead atoms. The number of halogens is 1. The SMILES string of the molecule is CCOC(=O)c1c(C)nc2sc3c(c2c1-c1ccc(Cl)cc1)NC1(CCCCC1)NC3=O. The molecule has 2 N–H and O–H groups in total. The average Bonchev–Trinajstić information content (AvgIpc) is 3.12. The largest absolute Gasteiger partial charge is 0.462 e. The summed E-state index contributed by atoms with van der Waals surface area (Å²) in [6.07, 6.45) is 5.02. The van der Waals surface area contributed by atoms with E-state index in [1.165, 1.54) is 17.8 Å². The number of carbonyl (C=O) groups is 2. The Kier molecular flexibility index (Phi) is 5.34. The molecule has 0 saturated heterocycles. The molecule has 1 spiro atoms. The number of pyridine rings is 1. The first-order valence-electron chi connectivity index (χ1n) is 10.9. The molecule has 3 heterocycles. The quantitative estimate of drug-likeness (QED) is 0.465. The van der Waals surface area contributed by atoms with Crippen molar-refractivity contribution in [1.29, 1.82) is 0 Å². The Hall–Kier alpha value is -2.64. The molecule has 32 heavy (non-hydrogen) atoms. The summed E-state index contributed by atoms with van der Waals surface area (Å²) in [5.74, 6) is -0.502. The summed E-state index contributed by atoms with van der Waals surface area (Å²) in [6, 6.07) is 7.38. The van der Waals surface area contributed by atoms with Gasteiger partial charge in [0.1, 0.15) is 15.4 Å². The Labute approximate surface area is 195 Å². The second-order valence-electron chi connectivity index (χ2n) is 8.38. The van der Waals surface area contributed by atoms with Crippen LogP contribution in [0.25, 0.3) is 21.3 Å². The van der Waals surface area contributed by atoms with Crippen molar-refractivity contribution >= 4 is 50.7 Å². The summed E-state index contributed by atoms with van der Waals surface area (Å²) in [6.45, 7) is 3.86. The Morgan fingerprint density at radius 2 is 1.91 bits per heavy atom. The number of hydrogen-bond acceptors (Lipinski definition) is 6. The summed E-state index contributed by atoms with van der Waals surface area (Å²) in [4.78, 5) is 32.2. The summed E-state index contributed by atoms with van der Waals surface area (Å²) >= 11 is 7.50. The van der Waals surface area contributed by atoms with Crippen LogP contribution in [-0.2, 0) is 4.74 Å². The van der Waals surface area contributed by atoms with Gasteiger partial charge in [0.2, 0.25) is 0 Å². The minimum Gasteiger partial charge on any atom is -0.462 e. The molecule has 3 aromatic rings. The van der Waals surface area contributed by atoms with E-state index in [4.69, 9.17) is 21.3 Å². The highest BCUT2D eigenvalue weighted by Crippen LogP contribution is 2.47. The van der Waals surface area contributed by atoms with Crippen LogP contribution < -0.4 is 10.6 Å². The molecule has 2 aromatic heterocycles. The van der Waals surface area contributed by atoms with Crippen LogP contribution in [0.3, 0.4) is 0 Å². The normalized spacial score (nSPS) is 17.0. The van der Waals surface area contributed by atoms with E-state index in [9.17, 15) is 9.59 Å². The van der Waals surface area contributed by atoms with Crippen LogP contribution in [0.5, 0.6) is 0 Å². The fraction of sp³-hybridized carbons (Fsp3) is 0.375. The maximum Gasteiger partial charge on any atom is 0.340 e. The van der Waals surface area contributed by atoms with Crippen LogP contribution >= 0.6 is 22.9 Å². The number of nitrogens with zero attached hydrogens (tertiary/aromatic N) is 1. The van der Waals surface area contributed by atoms with E-state index in [-0.39, 0.29) is 12.5 Å². The molecule has 0 radical (unpaired) electrons. The zero-order chi connectivity index (χ0) is 22.5. The first-order chi connectivity index (χ1) is 15.4. The van der Waals surface area contributed by atoms with Crippen LogP contribution in [0.15, 0.2) is 24.3 Å². The van der Waals surface area contributed by atoms with Gasteiger partial charge < -0.3 is 15.4 Å². The smallest absolute Gasteiger partial charge is 0.340 e. The van der Waals surface area contributed by atoms with E-state index in [1.54, 1.807) is 26.0 Å². The van der Waals surface area contributed by atoms with Gasteiger partial charge in [-0.3, -0.25) is 4.79 Å². The number of rotatable bonds is 3. The van der Waals surface area contributed by atoms with Crippen molar-refractivity contribution in [2.45, 2.75) is 51.6 Å². The second-order valence-corrected chi connectivity index (χ2v) is 9.82. The Morgan fingerprint density at radius 1 is 1.19 bits per heavy atom. The van der Waals surface area contributed by atoms with Crippen molar-refractivity contribution in [2.24, 2.45) is 0 Å². The summed E-state index contributed by atoms with van der Waals surface area (Å²) in [5.41, 5.74) is 2.87. The third-order valence-corrected chi connectivity index (χ3v) is 7.60. The third-order valence-electron chi connectivity index (χ3n) is 6.26. The van der Waals surface area contributed by atoms with Crippen molar-refractivity contribution in [3.05, 3.63) is 45.4 Å². The van der Waals surface area contributed by atoms with Gasteiger partial charge in [-0.1, -0.05) is 30.2 Å². The van der Waals surface area contributed by atoms with Crippen LogP contribution in [0, 0.1) is 6.92 Å². The van der Waals surface area contributed by atoms with Crippen LogP contribution in [0.1, 0.15) is 64.8 Å². The molecule has 1 saturated carbocycles. The topological polar surface area (TPSA) is 80.3 Å². The van der Waals surface area contributed by atoms with Gasteiger partial charge in [0.25, 0.3) is 5.91 Å². The van der Waals surface area contributed by atoms with Crippen molar-refractivity contribution in [3.8, 4) is 11.1 Å². The van der Waals surface area contributed by atoms with E-state index in [0.717, 1.165) is 52.7 Å². The standard InChI is InChI=1S/C24H24ClN3O3S/c1-3-31-23(30)16-13(2)26-22-18(17(16)14-7-9-15(25)10-8-14)19-20(32-22)21(29)28-24(27-19)11-5-4-6-12-24/h7-10,27H,3-6,11-12H2,1-2H3,(H,28,29). The van der Waals surface area contributed by atoms with E-state index in [0.29, 0.717) is 21.2 Å². The number of carbonyl (C=O) groups excluding carboxylic acids is 2. The first kappa shape index (κ1) is 21.2. The predicted molar refractivity (Wildman–Crippen MR) is 128 cm³/mol. The number of fused-ring (bicyclic) bond motifs is 3. The summed E-state index contributed by atoms with van der Waals surface area (Å²) in [5, 5.41) is 8.28. The van der Waals surface area contributed by atoms with Gasteiger partial charge in [0.05, 0.1) is 23.6 Å². The lowest BCUT2D eigenvalue weighted by Crippen LogP contribution is -2.58. The van der Waals surface area contributed by atoms with Gasteiger partial charge in [-0.15, -0.1) is 11.3 Å². The number of aryl methyl sites for hydroxylation is 1. The fourth-order valence-corrected chi connectivity index (χ4v) is 6.04. The molecular formula is C24H24ClN3O3S. The second kappa shape index (κ2) is 8.05. The summed E-state index contributed by atoms with van der Waals surface area (Å²) < 4.78 is 5.39. The van der Waals surface area contributed by atoms with E-state index in [2.05, 4.69) is 10.6 Å². The Balaban J connectivity index is 1.81. The molecule has 0 atom stereocenters. The molecule has 0 unspecified atom stereocenters. The third kappa shape index (κ3) is 3.44. The minimum atomic E-state index is -0.456. The molecule has 1 fully saturated rings. The lowest BCUT2D eigenvalue weighted by Gasteiger charge is -2.42. The maximum atomic E-state index is 13.1. The van der Waals surface area contributed by atoms with Crippen LogP contribution in [0.2, 0.25) is 5.02 Å². The van der Waals surface area contributed by atoms with Crippen molar-refractivity contribution in [1.82, 2.24) is 10.3 Å². The van der Waals surface area contributed by atoms with Gasteiger partial charge in [-0.2, -0.15) is 0 Å². The maximum absolute atomic E-state index is 13.1. The Morgan fingerprint density at radius 3 is 2.59 bits per heavy atom. The number of hydrogen-bond donors (Lipinski definition) is 2. The van der Waals surface area contributed by atoms with E-state index >= 15 is 0 Å². The molecule has 2 aliphatic rings. The van der Waals surface area contributed by atoms with Crippen LogP contribution in [0.4, 0.5) is 5.69 Å².